The molecule has 0 saturated carbocycles. The molecule has 1 aliphatic heterocycles. The second-order valence-corrected chi connectivity index (χ2v) is 5.67. The molecule has 2 aromatic rings. The lowest BCUT2D eigenvalue weighted by Crippen LogP contribution is -2.05. The largest absolute Gasteiger partial charge is 0.402 e. The quantitative estimate of drug-likeness (QED) is 0.564. The van der Waals surface area contributed by atoms with E-state index in [0.29, 0.717) is 26.2 Å². The molecule has 110 valence electrons. The summed E-state index contributed by atoms with van der Waals surface area (Å²) in [6.07, 6.45) is 1.50. The lowest BCUT2D eigenvalue weighted by Gasteiger charge is -2.01. The number of carbonyl (C=O) groups excluding carboxylic acids is 1. The van der Waals surface area contributed by atoms with Crippen molar-refractivity contribution in [2.45, 2.75) is 0 Å². The summed E-state index contributed by atoms with van der Waals surface area (Å²) in [5.41, 5.74) is 1.18. The molecule has 0 atom stereocenters. The van der Waals surface area contributed by atoms with E-state index in [4.69, 9.17) is 39.5 Å². The second-order valence-electron chi connectivity index (χ2n) is 4.45. The monoisotopic (exact) mass is 351 g/mol. The molecule has 0 aromatic heterocycles. The minimum absolute atomic E-state index is 0.116. The summed E-state index contributed by atoms with van der Waals surface area (Å²) in [5, 5.41) is 1.30. The summed E-state index contributed by atoms with van der Waals surface area (Å²) in [6.45, 7) is 0. The van der Waals surface area contributed by atoms with Crippen LogP contribution < -0.4 is 0 Å². The number of aliphatic imine (C=N–C) groups is 1. The van der Waals surface area contributed by atoms with Crippen LogP contribution in [0.15, 0.2) is 53.2 Å². The van der Waals surface area contributed by atoms with Crippen LogP contribution in [0.5, 0.6) is 0 Å². The van der Waals surface area contributed by atoms with Gasteiger partial charge in [0.2, 0.25) is 5.90 Å². The van der Waals surface area contributed by atoms with Crippen molar-refractivity contribution in [2.24, 2.45) is 4.99 Å². The van der Waals surface area contributed by atoms with Crippen LogP contribution in [-0.2, 0) is 9.53 Å². The van der Waals surface area contributed by atoms with Gasteiger partial charge in [-0.3, -0.25) is 0 Å². The summed E-state index contributed by atoms with van der Waals surface area (Å²) < 4.78 is 5.16. The lowest BCUT2D eigenvalue weighted by molar-refractivity contribution is -0.129. The molecule has 0 spiro atoms. The molecule has 1 heterocycles. The van der Waals surface area contributed by atoms with Gasteiger partial charge in [0.25, 0.3) is 0 Å². The van der Waals surface area contributed by atoms with Gasteiger partial charge in [0.15, 0.2) is 5.70 Å². The van der Waals surface area contributed by atoms with Gasteiger partial charge in [0.1, 0.15) is 0 Å². The third-order valence-electron chi connectivity index (χ3n) is 3.01. The van der Waals surface area contributed by atoms with Crippen molar-refractivity contribution >= 4 is 52.7 Å². The minimum Gasteiger partial charge on any atom is -0.402 e. The number of rotatable bonds is 2. The Hall–Kier alpha value is -1.81. The van der Waals surface area contributed by atoms with Crippen LogP contribution in [-0.4, -0.2) is 11.9 Å². The van der Waals surface area contributed by atoms with Gasteiger partial charge in [-0.1, -0.05) is 53.0 Å². The van der Waals surface area contributed by atoms with Crippen molar-refractivity contribution in [3.63, 3.8) is 0 Å². The van der Waals surface area contributed by atoms with Crippen LogP contribution in [0.4, 0.5) is 0 Å². The highest BCUT2D eigenvalue weighted by Crippen LogP contribution is 2.29. The third-order valence-corrected chi connectivity index (χ3v) is 3.99. The van der Waals surface area contributed by atoms with Crippen LogP contribution in [0.1, 0.15) is 11.1 Å². The molecule has 0 amide bonds. The Labute approximate surface area is 141 Å². The number of nitrogens with zero attached hydrogens (tertiary/aromatic N) is 1. The maximum absolute atomic E-state index is 12.0. The van der Waals surface area contributed by atoms with Gasteiger partial charge in [-0.05, 0) is 30.3 Å². The molecule has 0 unspecified atom stereocenters. The summed E-state index contributed by atoms with van der Waals surface area (Å²) in [6, 6.07) is 12.1. The van der Waals surface area contributed by atoms with Crippen molar-refractivity contribution in [2.75, 3.05) is 0 Å². The molecule has 0 saturated heterocycles. The maximum Gasteiger partial charge on any atom is 0.363 e. The summed E-state index contributed by atoms with van der Waals surface area (Å²) in [4.78, 5) is 16.1. The normalized spacial score (nSPS) is 15.9. The number of benzene rings is 2. The van der Waals surface area contributed by atoms with Crippen molar-refractivity contribution in [3.05, 3.63) is 74.4 Å². The third kappa shape index (κ3) is 2.88. The van der Waals surface area contributed by atoms with Crippen molar-refractivity contribution in [1.29, 1.82) is 0 Å². The first-order chi connectivity index (χ1) is 10.6. The van der Waals surface area contributed by atoms with Gasteiger partial charge in [-0.15, -0.1) is 0 Å². The SMILES string of the molecule is O=C1OC(c2ccccc2Cl)=N/C1=C\c1c(Cl)cccc1Cl. The van der Waals surface area contributed by atoms with E-state index < -0.39 is 5.97 Å². The molecule has 3 rings (SSSR count). The Morgan fingerprint density at radius 1 is 0.909 bits per heavy atom. The Morgan fingerprint density at radius 2 is 1.55 bits per heavy atom. The Bertz CT molecular complexity index is 808. The van der Waals surface area contributed by atoms with Crippen LogP contribution in [0.2, 0.25) is 15.1 Å². The first-order valence-electron chi connectivity index (χ1n) is 6.28. The zero-order valence-corrected chi connectivity index (χ0v) is 13.3. The molecule has 1 aliphatic rings. The summed E-state index contributed by atoms with van der Waals surface area (Å²) in [5.74, 6) is -0.420. The molecule has 0 bridgehead atoms. The van der Waals surface area contributed by atoms with Crippen LogP contribution in [0, 0.1) is 0 Å². The fraction of sp³-hybridized carbons (Fsp3) is 0. The Morgan fingerprint density at radius 3 is 2.23 bits per heavy atom. The average molecular weight is 353 g/mol. The van der Waals surface area contributed by atoms with E-state index >= 15 is 0 Å². The van der Waals surface area contributed by atoms with Gasteiger partial charge in [0, 0.05) is 15.6 Å². The minimum atomic E-state index is -0.578. The molecular weight excluding hydrogens is 345 g/mol. The van der Waals surface area contributed by atoms with Gasteiger partial charge < -0.3 is 4.74 Å². The van der Waals surface area contributed by atoms with Gasteiger partial charge in [0.05, 0.1) is 10.6 Å². The van der Waals surface area contributed by atoms with Gasteiger partial charge in [-0.25, -0.2) is 9.79 Å². The Balaban J connectivity index is 2.04. The molecule has 0 N–H and O–H groups in total. The molecule has 0 aliphatic carbocycles. The number of halogens is 3. The molecule has 0 fully saturated rings. The number of cyclic esters (lactones) is 1. The number of hydrogen-bond donors (Lipinski definition) is 0. The molecule has 3 nitrogen and oxygen atoms in total. The van der Waals surface area contributed by atoms with Crippen molar-refractivity contribution in [1.82, 2.24) is 0 Å². The fourth-order valence-corrected chi connectivity index (χ4v) is 2.67. The van der Waals surface area contributed by atoms with Crippen LogP contribution in [0.25, 0.3) is 6.08 Å². The Kier molecular flexibility index (Phi) is 4.21. The van der Waals surface area contributed by atoms with E-state index in [1.54, 1.807) is 42.5 Å². The van der Waals surface area contributed by atoms with E-state index in [1.165, 1.54) is 6.08 Å². The molecule has 6 heteroatoms. The van der Waals surface area contributed by atoms with E-state index in [0.717, 1.165) is 0 Å². The van der Waals surface area contributed by atoms with E-state index in [9.17, 15) is 4.79 Å². The summed E-state index contributed by atoms with van der Waals surface area (Å²) >= 11 is 18.2. The van der Waals surface area contributed by atoms with Crippen molar-refractivity contribution < 1.29 is 9.53 Å². The number of carbonyl (C=O) groups is 1. The number of hydrogen-bond acceptors (Lipinski definition) is 3. The highest BCUT2D eigenvalue weighted by Gasteiger charge is 2.25. The summed E-state index contributed by atoms with van der Waals surface area (Å²) in [7, 11) is 0. The maximum atomic E-state index is 12.0. The van der Waals surface area contributed by atoms with E-state index in [2.05, 4.69) is 4.99 Å². The molecule has 22 heavy (non-hydrogen) atoms. The predicted molar refractivity (Wildman–Crippen MR) is 88.5 cm³/mol. The van der Waals surface area contributed by atoms with Crippen LogP contribution in [0.3, 0.4) is 0 Å². The van der Waals surface area contributed by atoms with Gasteiger partial charge in [-0.2, -0.15) is 0 Å². The smallest absolute Gasteiger partial charge is 0.363 e. The zero-order chi connectivity index (χ0) is 15.7. The first kappa shape index (κ1) is 15.1. The fourth-order valence-electron chi connectivity index (χ4n) is 1.94. The average Bonchev–Trinajstić information content (AvgIpc) is 2.84. The molecular formula is C16H8Cl3NO2. The highest BCUT2D eigenvalue weighted by molar-refractivity contribution is 6.37. The van der Waals surface area contributed by atoms with Gasteiger partial charge >= 0.3 is 5.97 Å². The topological polar surface area (TPSA) is 38.7 Å². The van der Waals surface area contributed by atoms with Crippen molar-refractivity contribution in [3.8, 4) is 0 Å². The lowest BCUT2D eigenvalue weighted by atomic mass is 10.2. The first-order valence-corrected chi connectivity index (χ1v) is 7.41. The predicted octanol–water partition coefficient (Wildman–Crippen LogP) is 4.99. The van der Waals surface area contributed by atoms with E-state index in [1.807, 2.05) is 0 Å². The highest BCUT2D eigenvalue weighted by atomic mass is 35.5. The second kappa shape index (κ2) is 6.13. The molecule has 2 aromatic carbocycles. The number of ether oxygens (including phenoxy) is 1. The molecule has 0 radical (unpaired) electrons. The standard InChI is InChI=1S/C16H8Cl3NO2/c17-11-5-2-1-4-9(11)15-20-14(16(21)22-15)8-10-12(18)6-3-7-13(10)19/h1-8H/b14-8-. The van der Waals surface area contributed by atoms with E-state index in [-0.39, 0.29) is 11.6 Å². The van der Waals surface area contributed by atoms with Crippen LogP contribution >= 0.6 is 34.8 Å². The number of esters is 1. The zero-order valence-electron chi connectivity index (χ0n) is 11.0.